The minimum Gasteiger partial charge on any atom is -0.103 e. The third-order valence-corrected chi connectivity index (χ3v) is 4.41. The maximum atomic E-state index is 3.98. The second-order valence-electron chi connectivity index (χ2n) is 5.16. The van der Waals surface area contributed by atoms with Crippen molar-refractivity contribution in [3.05, 3.63) is 35.5 Å². The van der Waals surface area contributed by atoms with Gasteiger partial charge in [-0.25, -0.2) is 0 Å². The van der Waals surface area contributed by atoms with Crippen LogP contribution >= 0.6 is 0 Å². The molecule has 14 heavy (non-hydrogen) atoms. The average molecular weight is 186 g/mol. The molecule has 0 aromatic heterocycles. The van der Waals surface area contributed by atoms with Crippen molar-refractivity contribution >= 4 is 0 Å². The monoisotopic (exact) mass is 186 g/mol. The smallest absolute Gasteiger partial charge is 0.0105 e. The van der Waals surface area contributed by atoms with E-state index in [4.69, 9.17) is 0 Å². The van der Waals surface area contributed by atoms with Crippen LogP contribution in [0.25, 0.3) is 0 Å². The molecular formula is C14H18. The third-order valence-electron chi connectivity index (χ3n) is 4.41. The highest BCUT2D eigenvalue weighted by molar-refractivity contribution is 5.39. The molecule has 0 aromatic rings. The Kier molecular flexibility index (Phi) is 1.74. The van der Waals surface area contributed by atoms with E-state index in [-0.39, 0.29) is 0 Å². The summed E-state index contributed by atoms with van der Waals surface area (Å²) >= 11 is 0. The molecule has 0 radical (unpaired) electrons. The molecule has 3 rings (SSSR count). The Morgan fingerprint density at radius 2 is 2.21 bits per heavy atom. The minimum atomic E-state index is 0.796. The van der Waals surface area contributed by atoms with Crippen molar-refractivity contribution in [1.29, 1.82) is 0 Å². The first-order valence-corrected chi connectivity index (χ1v) is 5.79. The fraction of sp³-hybridized carbons (Fsp3) is 0.571. The fourth-order valence-electron chi connectivity index (χ4n) is 3.72. The van der Waals surface area contributed by atoms with Gasteiger partial charge in [-0.3, -0.25) is 0 Å². The number of hydrogen-bond donors (Lipinski definition) is 0. The first-order chi connectivity index (χ1) is 6.79. The first kappa shape index (κ1) is 8.52. The fourth-order valence-corrected chi connectivity index (χ4v) is 3.72. The van der Waals surface area contributed by atoms with Gasteiger partial charge in [-0.05, 0) is 50.4 Å². The standard InChI is InChI=1S/C14H18/c1-3-10-7-11-8-13(10)14-6-9(2)4-5-12(11)14/h3-4,10-11,13H,1,5-8H2,2H3. The third kappa shape index (κ3) is 1.00. The Hall–Kier alpha value is -0.780. The van der Waals surface area contributed by atoms with Gasteiger partial charge in [0, 0.05) is 0 Å². The summed E-state index contributed by atoms with van der Waals surface area (Å²) in [5.74, 6) is 2.59. The van der Waals surface area contributed by atoms with E-state index >= 15 is 0 Å². The second kappa shape index (κ2) is 2.85. The highest BCUT2D eigenvalue weighted by atomic mass is 14.5. The van der Waals surface area contributed by atoms with Gasteiger partial charge < -0.3 is 0 Å². The van der Waals surface area contributed by atoms with Crippen LogP contribution in [0.1, 0.15) is 32.6 Å². The average Bonchev–Trinajstić information content (AvgIpc) is 2.74. The lowest BCUT2D eigenvalue weighted by atomic mass is 9.78. The van der Waals surface area contributed by atoms with Crippen molar-refractivity contribution in [2.75, 3.05) is 0 Å². The van der Waals surface area contributed by atoms with E-state index in [1.54, 1.807) is 16.7 Å². The highest BCUT2D eigenvalue weighted by Gasteiger charge is 2.43. The summed E-state index contributed by atoms with van der Waals surface area (Å²) in [4.78, 5) is 0. The Morgan fingerprint density at radius 3 is 3.00 bits per heavy atom. The molecule has 0 heterocycles. The largest absolute Gasteiger partial charge is 0.103 e. The van der Waals surface area contributed by atoms with Gasteiger partial charge >= 0.3 is 0 Å². The van der Waals surface area contributed by atoms with E-state index in [0.717, 1.165) is 17.8 Å². The Balaban J connectivity index is 1.94. The molecular weight excluding hydrogens is 168 g/mol. The first-order valence-electron chi connectivity index (χ1n) is 5.79. The zero-order valence-corrected chi connectivity index (χ0v) is 8.92. The van der Waals surface area contributed by atoms with Gasteiger partial charge in [0.15, 0.2) is 0 Å². The molecule has 2 bridgehead atoms. The number of hydrogen-bond acceptors (Lipinski definition) is 0. The Morgan fingerprint density at radius 1 is 1.36 bits per heavy atom. The summed E-state index contributed by atoms with van der Waals surface area (Å²) in [6, 6.07) is 0. The van der Waals surface area contributed by atoms with Crippen molar-refractivity contribution in [2.45, 2.75) is 32.6 Å². The van der Waals surface area contributed by atoms with E-state index in [2.05, 4.69) is 25.7 Å². The quantitative estimate of drug-likeness (QED) is 0.545. The van der Waals surface area contributed by atoms with Crippen molar-refractivity contribution < 1.29 is 0 Å². The Labute approximate surface area is 86.4 Å². The summed E-state index contributed by atoms with van der Waals surface area (Å²) in [6.07, 6.45) is 9.97. The van der Waals surface area contributed by atoms with Crippen molar-refractivity contribution in [3.8, 4) is 0 Å². The minimum absolute atomic E-state index is 0.796. The summed E-state index contributed by atoms with van der Waals surface area (Å²) in [5.41, 5.74) is 5.18. The summed E-state index contributed by atoms with van der Waals surface area (Å²) in [6.45, 7) is 6.26. The van der Waals surface area contributed by atoms with E-state index < -0.39 is 0 Å². The predicted octanol–water partition coefficient (Wildman–Crippen LogP) is 3.87. The highest BCUT2D eigenvalue weighted by Crippen LogP contribution is 2.56. The molecule has 0 aromatic carbocycles. The molecule has 0 saturated heterocycles. The topological polar surface area (TPSA) is 0 Å². The van der Waals surface area contributed by atoms with E-state index in [0.29, 0.717) is 0 Å². The SMILES string of the molecule is C=CC1CC2CC1C1=C2CC=C(C)C1. The molecule has 1 fully saturated rings. The molecule has 74 valence electrons. The lowest BCUT2D eigenvalue weighted by Gasteiger charge is -2.27. The van der Waals surface area contributed by atoms with Crippen LogP contribution in [0.4, 0.5) is 0 Å². The molecule has 0 aliphatic heterocycles. The van der Waals surface area contributed by atoms with E-state index in [1.165, 1.54) is 25.7 Å². The molecule has 0 amide bonds. The number of fused-ring (bicyclic) bond motifs is 4. The van der Waals surface area contributed by atoms with Gasteiger partial charge in [-0.15, -0.1) is 6.58 Å². The maximum absolute atomic E-state index is 3.98. The number of allylic oxidation sites excluding steroid dienone is 5. The van der Waals surface area contributed by atoms with Crippen LogP contribution in [0.3, 0.4) is 0 Å². The molecule has 3 aliphatic carbocycles. The van der Waals surface area contributed by atoms with Crippen molar-refractivity contribution in [2.24, 2.45) is 17.8 Å². The zero-order chi connectivity index (χ0) is 9.71. The van der Waals surface area contributed by atoms with Crippen LogP contribution in [0, 0.1) is 17.8 Å². The lowest BCUT2D eigenvalue weighted by molar-refractivity contribution is 0.500. The van der Waals surface area contributed by atoms with E-state index in [9.17, 15) is 0 Å². The van der Waals surface area contributed by atoms with Crippen LogP contribution in [0.2, 0.25) is 0 Å². The molecule has 3 atom stereocenters. The molecule has 0 N–H and O–H groups in total. The summed E-state index contributed by atoms with van der Waals surface area (Å²) in [5, 5.41) is 0. The number of rotatable bonds is 1. The second-order valence-corrected chi connectivity index (χ2v) is 5.16. The van der Waals surface area contributed by atoms with Crippen molar-refractivity contribution in [1.82, 2.24) is 0 Å². The maximum Gasteiger partial charge on any atom is -0.0105 e. The predicted molar refractivity (Wildman–Crippen MR) is 59.9 cm³/mol. The van der Waals surface area contributed by atoms with Crippen molar-refractivity contribution in [3.63, 3.8) is 0 Å². The van der Waals surface area contributed by atoms with Crippen LogP contribution < -0.4 is 0 Å². The molecule has 3 aliphatic rings. The van der Waals surface area contributed by atoms with Gasteiger partial charge in [-0.1, -0.05) is 28.9 Å². The van der Waals surface area contributed by atoms with Gasteiger partial charge in [-0.2, -0.15) is 0 Å². The lowest BCUT2D eigenvalue weighted by Crippen LogP contribution is -2.14. The van der Waals surface area contributed by atoms with Gasteiger partial charge in [0.1, 0.15) is 0 Å². The van der Waals surface area contributed by atoms with Gasteiger partial charge in [0.2, 0.25) is 0 Å². The normalized spacial score (nSPS) is 39.8. The zero-order valence-electron chi connectivity index (χ0n) is 8.92. The summed E-state index contributed by atoms with van der Waals surface area (Å²) in [7, 11) is 0. The van der Waals surface area contributed by atoms with Crippen LogP contribution in [0.5, 0.6) is 0 Å². The molecule has 0 heteroatoms. The van der Waals surface area contributed by atoms with E-state index in [1.807, 2.05) is 0 Å². The van der Waals surface area contributed by atoms with Crippen LogP contribution in [0.15, 0.2) is 35.5 Å². The summed E-state index contributed by atoms with van der Waals surface area (Å²) < 4.78 is 0. The Bertz CT molecular complexity index is 343. The van der Waals surface area contributed by atoms with Crippen LogP contribution in [-0.4, -0.2) is 0 Å². The molecule has 1 saturated carbocycles. The molecule has 0 nitrogen and oxygen atoms in total. The van der Waals surface area contributed by atoms with Gasteiger partial charge in [0.25, 0.3) is 0 Å². The van der Waals surface area contributed by atoms with Gasteiger partial charge in [0.05, 0.1) is 0 Å². The molecule has 0 spiro atoms. The van der Waals surface area contributed by atoms with Crippen LogP contribution in [-0.2, 0) is 0 Å². The molecule has 3 unspecified atom stereocenters.